The Morgan fingerprint density at radius 3 is 2.44 bits per heavy atom. The van der Waals surface area contributed by atoms with Gasteiger partial charge < -0.3 is 14.7 Å². The Balaban J connectivity index is 1.80. The van der Waals surface area contributed by atoms with E-state index in [4.69, 9.17) is 4.74 Å². The van der Waals surface area contributed by atoms with Crippen molar-refractivity contribution < 1.29 is 23.8 Å². The van der Waals surface area contributed by atoms with E-state index in [2.05, 4.69) is 0 Å². The lowest BCUT2D eigenvalue weighted by molar-refractivity contribution is -0.140. The van der Waals surface area contributed by atoms with Gasteiger partial charge in [0.05, 0.1) is 12.2 Å². The van der Waals surface area contributed by atoms with Gasteiger partial charge >= 0.3 is 0 Å². The van der Waals surface area contributed by atoms with Crippen LogP contribution in [0.3, 0.4) is 0 Å². The molecule has 1 aliphatic heterocycles. The molecule has 1 amide bonds. The second-order valence-corrected chi connectivity index (χ2v) is 9.30. The standard InChI is InChI=1S/C27H26FNO4S/c1-4-12-33-21-10-7-19(14-17(21)3)24(30)22-23(26-16(2)11-13-34-26)29(27(32)25(22)31)15-18-5-8-20(28)9-6-18/h5-11,13-14,23,30H,4,12,15H2,1-3H3/b24-22-. The summed E-state index contributed by atoms with van der Waals surface area (Å²) in [7, 11) is 0. The number of nitrogens with zero attached hydrogens (tertiary/aromatic N) is 1. The lowest BCUT2D eigenvalue weighted by Gasteiger charge is -2.25. The molecule has 1 saturated heterocycles. The number of halogens is 1. The maximum Gasteiger partial charge on any atom is 0.295 e. The van der Waals surface area contributed by atoms with Gasteiger partial charge in [-0.15, -0.1) is 11.3 Å². The van der Waals surface area contributed by atoms with Crippen molar-refractivity contribution in [3.05, 3.63) is 92.4 Å². The van der Waals surface area contributed by atoms with Crippen LogP contribution in [0, 0.1) is 19.7 Å². The van der Waals surface area contributed by atoms with E-state index in [-0.39, 0.29) is 23.7 Å². The van der Waals surface area contributed by atoms with Crippen LogP contribution in [0.5, 0.6) is 5.75 Å². The van der Waals surface area contributed by atoms with Crippen LogP contribution in [0.4, 0.5) is 4.39 Å². The molecule has 7 heteroatoms. The predicted octanol–water partition coefficient (Wildman–Crippen LogP) is 5.91. The monoisotopic (exact) mass is 479 g/mol. The van der Waals surface area contributed by atoms with E-state index in [0.29, 0.717) is 23.5 Å². The highest BCUT2D eigenvalue weighted by atomic mass is 32.1. The Morgan fingerprint density at radius 1 is 1.09 bits per heavy atom. The molecule has 1 atom stereocenters. The topological polar surface area (TPSA) is 66.8 Å². The second kappa shape index (κ2) is 9.81. The normalized spacial score (nSPS) is 17.4. The largest absolute Gasteiger partial charge is 0.507 e. The number of likely N-dealkylation sites (tertiary alicyclic amines) is 1. The maximum absolute atomic E-state index is 13.4. The number of carbonyl (C=O) groups excluding carboxylic acids is 2. The fraction of sp³-hybridized carbons (Fsp3) is 0.259. The van der Waals surface area contributed by atoms with Crippen LogP contribution in [0.15, 0.2) is 59.5 Å². The molecule has 0 aliphatic carbocycles. The number of ketones is 1. The maximum atomic E-state index is 13.4. The Morgan fingerprint density at radius 2 is 1.82 bits per heavy atom. The van der Waals surface area contributed by atoms with Crippen LogP contribution in [0.1, 0.15) is 46.5 Å². The van der Waals surface area contributed by atoms with E-state index >= 15 is 0 Å². The first-order valence-corrected chi connectivity index (χ1v) is 12.0. The smallest absolute Gasteiger partial charge is 0.295 e. The summed E-state index contributed by atoms with van der Waals surface area (Å²) in [4.78, 5) is 28.6. The van der Waals surface area contributed by atoms with E-state index in [1.54, 1.807) is 30.3 Å². The lowest BCUT2D eigenvalue weighted by Crippen LogP contribution is -2.29. The van der Waals surface area contributed by atoms with Crippen molar-refractivity contribution in [3.63, 3.8) is 0 Å². The summed E-state index contributed by atoms with van der Waals surface area (Å²) in [5.41, 5.74) is 2.93. The van der Waals surface area contributed by atoms with Gasteiger partial charge in [0.25, 0.3) is 11.7 Å². The first kappa shape index (κ1) is 23.7. The highest BCUT2D eigenvalue weighted by molar-refractivity contribution is 7.10. The third-order valence-corrected chi connectivity index (χ3v) is 6.94. The number of benzene rings is 2. The molecule has 0 bridgehead atoms. The van der Waals surface area contributed by atoms with Gasteiger partial charge in [0, 0.05) is 17.0 Å². The van der Waals surface area contributed by atoms with Gasteiger partial charge in [-0.05, 0) is 78.7 Å². The highest BCUT2D eigenvalue weighted by Gasteiger charge is 2.47. The predicted molar refractivity (Wildman–Crippen MR) is 130 cm³/mol. The minimum absolute atomic E-state index is 0.0549. The number of hydrogen-bond donors (Lipinski definition) is 1. The summed E-state index contributed by atoms with van der Waals surface area (Å²) in [5.74, 6) is -1.31. The Kier molecular flexibility index (Phi) is 6.84. The van der Waals surface area contributed by atoms with Gasteiger partial charge in [-0.2, -0.15) is 0 Å². The van der Waals surface area contributed by atoms with Crippen molar-refractivity contribution in [2.75, 3.05) is 6.61 Å². The molecule has 34 heavy (non-hydrogen) atoms. The molecule has 176 valence electrons. The summed E-state index contributed by atoms with van der Waals surface area (Å²) in [6.45, 7) is 6.50. The summed E-state index contributed by atoms with van der Waals surface area (Å²) in [6, 6.07) is 12.2. The van der Waals surface area contributed by atoms with Crippen LogP contribution >= 0.6 is 11.3 Å². The van der Waals surface area contributed by atoms with Crippen LogP contribution in [-0.4, -0.2) is 28.3 Å². The molecule has 0 radical (unpaired) electrons. The molecule has 1 N–H and O–H groups in total. The van der Waals surface area contributed by atoms with Gasteiger partial charge in [0.15, 0.2) is 0 Å². The van der Waals surface area contributed by atoms with Crippen molar-refractivity contribution in [2.24, 2.45) is 0 Å². The van der Waals surface area contributed by atoms with E-state index in [0.717, 1.165) is 22.4 Å². The summed E-state index contributed by atoms with van der Waals surface area (Å²) < 4.78 is 19.1. The molecule has 2 aromatic carbocycles. The van der Waals surface area contributed by atoms with Crippen molar-refractivity contribution in [1.29, 1.82) is 0 Å². The van der Waals surface area contributed by atoms with Gasteiger partial charge in [-0.3, -0.25) is 9.59 Å². The fourth-order valence-electron chi connectivity index (χ4n) is 4.09. The van der Waals surface area contributed by atoms with Crippen LogP contribution in [-0.2, 0) is 16.1 Å². The van der Waals surface area contributed by atoms with E-state index in [1.165, 1.54) is 28.4 Å². The van der Waals surface area contributed by atoms with Crippen molar-refractivity contribution in [2.45, 2.75) is 39.8 Å². The first-order chi connectivity index (χ1) is 16.3. The van der Waals surface area contributed by atoms with Gasteiger partial charge in [0.2, 0.25) is 0 Å². The quantitative estimate of drug-likeness (QED) is 0.260. The molecule has 1 fully saturated rings. The number of rotatable bonds is 7. The molecular formula is C27H26FNO4S. The van der Waals surface area contributed by atoms with E-state index in [9.17, 15) is 19.1 Å². The van der Waals surface area contributed by atoms with Crippen LogP contribution < -0.4 is 4.74 Å². The van der Waals surface area contributed by atoms with Gasteiger partial charge in [-0.1, -0.05) is 19.1 Å². The number of hydrogen-bond acceptors (Lipinski definition) is 5. The summed E-state index contributed by atoms with van der Waals surface area (Å²) >= 11 is 1.43. The number of ether oxygens (including phenoxy) is 1. The molecule has 1 aliphatic rings. The van der Waals surface area contributed by atoms with Crippen molar-refractivity contribution in [3.8, 4) is 5.75 Å². The first-order valence-electron chi connectivity index (χ1n) is 11.1. The Bertz CT molecular complexity index is 1260. The number of Topliss-reactive ketones (excluding diaryl/α,β-unsaturated/α-hetero) is 1. The minimum atomic E-state index is -0.735. The molecule has 0 saturated carbocycles. The second-order valence-electron chi connectivity index (χ2n) is 8.35. The number of aliphatic hydroxyl groups is 1. The fourth-order valence-corrected chi connectivity index (χ4v) is 5.14. The number of amides is 1. The van der Waals surface area contributed by atoms with Crippen LogP contribution in [0.25, 0.3) is 5.76 Å². The zero-order valence-corrected chi connectivity index (χ0v) is 20.1. The average Bonchev–Trinajstić information content (AvgIpc) is 3.35. The van der Waals surface area contributed by atoms with E-state index in [1.807, 2.05) is 32.2 Å². The molecule has 2 heterocycles. The molecule has 1 unspecified atom stereocenters. The van der Waals surface area contributed by atoms with Crippen molar-refractivity contribution in [1.82, 2.24) is 4.90 Å². The Hall–Kier alpha value is -3.45. The molecule has 5 nitrogen and oxygen atoms in total. The zero-order valence-electron chi connectivity index (χ0n) is 19.3. The van der Waals surface area contributed by atoms with Crippen LogP contribution in [0.2, 0.25) is 0 Å². The Labute approximate surface area is 202 Å². The number of aliphatic hydroxyl groups excluding tert-OH is 1. The van der Waals surface area contributed by atoms with Gasteiger partial charge in [0.1, 0.15) is 23.4 Å². The lowest BCUT2D eigenvalue weighted by atomic mass is 9.97. The summed E-state index contributed by atoms with van der Waals surface area (Å²) in [5, 5.41) is 13.2. The third-order valence-electron chi connectivity index (χ3n) is 5.87. The zero-order chi connectivity index (χ0) is 24.4. The number of aryl methyl sites for hydroxylation is 2. The highest BCUT2D eigenvalue weighted by Crippen LogP contribution is 2.43. The number of carbonyl (C=O) groups is 2. The SMILES string of the molecule is CCCOc1ccc(/C(O)=C2/C(=O)C(=O)N(Cc3ccc(F)cc3)C2c2sccc2C)cc1C. The molecule has 0 spiro atoms. The van der Waals surface area contributed by atoms with Gasteiger partial charge in [-0.25, -0.2) is 4.39 Å². The molecule has 4 rings (SSSR count). The minimum Gasteiger partial charge on any atom is -0.507 e. The summed E-state index contributed by atoms with van der Waals surface area (Å²) in [6.07, 6.45) is 0.874. The molecule has 3 aromatic rings. The average molecular weight is 480 g/mol. The van der Waals surface area contributed by atoms with Crippen molar-refractivity contribution >= 4 is 28.8 Å². The number of thiophene rings is 1. The molecule has 1 aromatic heterocycles. The molecular weight excluding hydrogens is 453 g/mol. The van der Waals surface area contributed by atoms with E-state index < -0.39 is 17.7 Å². The third kappa shape index (κ3) is 4.48.